The van der Waals surface area contributed by atoms with Gasteiger partial charge in [0.15, 0.2) is 0 Å². The molecule has 0 radical (unpaired) electrons. The van der Waals surface area contributed by atoms with Crippen molar-refractivity contribution in [1.29, 1.82) is 0 Å². The van der Waals surface area contributed by atoms with E-state index in [-0.39, 0.29) is 11.9 Å². The number of hydrogen-bond donors (Lipinski definition) is 1. The Morgan fingerprint density at radius 2 is 1.85 bits per heavy atom. The quantitative estimate of drug-likeness (QED) is 0.644. The number of nitrogens with one attached hydrogen (secondary N) is 1. The van der Waals surface area contributed by atoms with Gasteiger partial charge in [-0.25, -0.2) is 4.98 Å². The summed E-state index contributed by atoms with van der Waals surface area (Å²) in [6, 6.07) is 15.9. The highest BCUT2D eigenvalue weighted by Gasteiger charge is 2.18. The molecule has 3 rings (SSSR count). The molecule has 1 atom stereocenters. The number of aromatic nitrogens is 1. The van der Waals surface area contributed by atoms with Crippen LogP contribution in [0, 0.1) is 20.8 Å². The number of benzene rings is 2. The molecule has 1 N–H and O–H groups in total. The number of carbonyl (C=O) groups is 1. The second-order valence-corrected chi connectivity index (χ2v) is 7.75. The van der Waals surface area contributed by atoms with Gasteiger partial charge in [0.25, 0.3) is 5.91 Å². The lowest BCUT2D eigenvalue weighted by atomic mass is 10.1. The van der Waals surface area contributed by atoms with Crippen LogP contribution in [0.4, 0.5) is 0 Å². The second-order valence-electron chi connectivity index (χ2n) is 6.66. The molecular formula is C22H24N2O2S. The number of ether oxygens (including phenoxy) is 1. The zero-order valence-electron chi connectivity index (χ0n) is 16.1. The predicted molar refractivity (Wildman–Crippen MR) is 109 cm³/mol. The minimum Gasteiger partial charge on any atom is -0.486 e. The van der Waals surface area contributed by atoms with Gasteiger partial charge in [-0.3, -0.25) is 4.79 Å². The molecule has 0 spiro atoms. The topological polar surface area (TPSA) is 51.2 Å². The van der Waals surface area contributed by atoms with E-state index in [4.69, 9.17) is 4.74 Å². The molecular weight excluding hydrogens is 356 g/mol. The number of thiazole rings is 1. The monoisotopic (exact) mass is 380 g/mol. The number of rotatable bonds is 6. The van der Waals surface area contributed by atoms with Crippen molar-refractivity contribution < 1.29 is 9.53 Å². The van der Waals surface area contributed by atoms with E-state index in [0.717, 1.165) is 22.0 Å². The third-order valence-electron chi connectivity index (χ3n) is 4.53. The van der Waals surface area contributed by atoms with Gasteiger partial charge in [0.1, 0.15) is 22.2 Å². The summed E-state index contributed by atoms with van der Waals surface area (Å²) in [6.07, 6.45) is 0. The van der Waals surface area contributed by atoms with Gasteiger partial charge in [-0.15, -0.1) is 11.3 Å². The summed E-state index contributed by atoms with van der Waals surface area (Å²) < 4.78 is 5.84. The fraction of sp³-hybridized carbons (Fsp3) is 0.273. The van der Waals surface area contributed by atoms with Gasteiger partial charge < -0.3 is 10.1 Å². The third-order valence-corrected chi connectivity index (χ3v) is 5.66. The van der Waals surface area contributed by atoms with Gasteiger partial charge in [-0.05, 0) is 56.5 Å². The van der Waals surface area contributed by atoms with E-state index < -0.39 is 0 Å². The summed E-state index contributed by atoms with van der Waals surface area (Å²) in [5.74, 6) is 0.716. The van der Waals surface area contributed by atoms with E-state index in [0.29, 0.717) is 11.5 Å². The van der Waals surface area contributed by atoms with E-state index in [1.54, 1.807) is 0 Å². The fourth-order valence-electron chi connectivity index (χ4n) is 2.76. The van der Waals surface area contributed by atoms with Crippen molar-refractivity contribution in [1.82, 2.24) is 10.3 Å². The molecule has 3 aromatic rings. The molecule has 1 unspecified atom stereocenters. The van der Waals surface area contributed by atoms with Crippen molar-refractivity contribution >= 4 is 17.2 Å². The Morgan fingerprint density at radius 1 is 1.11 bits per heavy atom. The fourth-order valence-corrected chi connectivity index (χ4v) is 3.64. The van der Waals surface area contributed by atoms with Crippen molar-refractivity contribution in [2.75, 3.05) is 0 Å². The molecule has 0 bridgehead atoms. The number of aryl methyl sites for hydroxylation is 3. The largest absolute Gasteiger partial charge is 0.486 e. The summed E-state index contributed by atoms with van der Waals surface area (Å²) in [5, 5.41) is 3.84. The maximum absolute atomic E-state index is 12.6. The number of carbonyl (C=O) groups excluding carboxylic acids is 1. The van der Waals surface area contributed by atoms with E-state index in [1.807, 2.05) is 62.4 Å². The standard InChI is InChI=1S/C22H24N2O2S/c1-14-10-11-19(12-15(14)2)26-13-20-23-17(4)21(27-20)22(25)24-16(3)18-8-6-5-7-9-18/h5-12,16H,13H2,1-4H3,(H,24,25). The number of amides is 1. The highest BCUT2D eigenvalue weighted by molar-refractivity contribution is 7.13. The molecule has 0 aliphatic heterocycles. The third kappa shape index (κ3) is 4.74. The van der Waals surface area contributed by atoms with Gasteiger partial charge in [-0.2, -0.15) is 0 Å². The first-order valence-electron chi connectivity index (χ1n) is 8.96. The Bertz CT molecular complexity index is 935. The highest BCUT2D eigenvalue weighted by atomic mass is 32.1. The zero-order chi connectivity index (χ0) is 19.4. The van der Waals surface area contributed by atoms with Gasteiger partial charge >= 0.3 is 0 Å². The lowest BCUT2D eigenvalue weighted by Crippen LogP contribution is -2.26. The molecule has 1 amide bonds. The predicted octanol–water partition coefficient (Wildman–Crippen LogP) is 5.14. The van der Waals surface area contributed by atoms with Crippen LogP contribution in [-0.2, 0) is 6.61 Å². The van der Waals surface area contributed by atoms with Crippen LogP contribution in [0.3, 0.4) is 0 Å². The lowest BCUT2D eigenvalue weighted by Gasteiger charge is -2.13. The van der Waals surface area contributed by atoms with E-state index >= 15 is 0 Å². The van der Waals surface area contributed by atoms with Crippen LogP contribution < -0.4 is 10.1 Å². The minimum absolute atomic E-state index is 0.0598. The number of nitrogens with zero attached hydrogens (tertiary/aromatic N) is 1. The average molecular weight is 381 g/mol. The van der Waals surface area contributed by atoms with E-state index in [2.05, 4.69) is 24.1 Å². The van der Waals surface area contributed by atoms with Crippen molar-refractivity contribution in [3.05, 3.63) is 80.8 Å². The van der Waals surface area contributed by atoms with Gasteiger partial charge in [0, 0.05) is 0 Å². The Labute approximate surface area is 164 Å². The normalized spacial score (nSPS) is 11.9. The number of hydrogen-bond acceptors (Lipinski definition) is 4. The Hall–Kier alpha value is -2.66. The van der Waals surface area contributed by atoms with Crippen molar-refractivity contribution in [2.45, 2.75) is 40.3 Å². The lowest BCUT2D eigenvalue weighted by molar-refractivity contribution is 0.0943. The Morgan fingerprint density at radius 3 is 2.56 bits per heavy atom. The summed E-state index contributed by atoms with van der Waals surface area (Å²) in [5.41, 5.74) is 4.24. The molecule has 0 aliphatic rings. The summed E-state index contributed by atoms with van der Waals surface area (Å²) >= 11 is 1.38. The zero-order valence-corrected chi connectivity index (χ0v) is 16.9. The van der Waals surface area contributed by atoms with Gasteiger partial charge in [0.05, 0.1) is 11.7 Å². The maximum Gasteiger partial charge on any atom is 0.263 e. The molecule has 0 saturated carbocycles. The molecule has 1 heterocycles. The van der Waals surface area contributed by atoms with E-state index in [1.165, 1.54) is 22.5 Å². The van der Waals surface area contributed by atoms with Crippen LogP contribution in [0.5, 0.6) is 5.75 Å². The van der Waals surface area contributed by atoms with Crippen LogP contribution in [0.2, 0.25) is 0 Å². The van der Waals surface area contributed by atoms with Crippen LogP contribution in [0.15, 0.2) is 48.5 Å². The van der Waals surface area contributed by atoms with Gasteiger partial charge in [-0.1, -0.05) is 36.4 Å². The first-order valence-corrected chi connectivity index (χ1v) is 9.78. The summed E-state index contributed by atoms with van der Waals surface area (Å²) in [7, 11) is 0. The van der Waals surface area contributed by atoms with Crippen LogP contribution in [-0.4, -0.2) is 10.9 Å². The smallest absolute Gasteiger partial charge is 0.263 e. The Balaban J connectivity index is 1.64. The molecule has 27 heavy (non-hydrogen) atoms. The molecule has 140 valence electrons. The molecule has 4 nitrogen and oxygen atoms in total. The minimum atomic E-state index is -0.0983. The molecule has 0 saturated heterocycles. The molecule has 0 aliphatic carbocycles. The molecule has 1 aromatic heterocycles. The van der Waals surface area contributed by atoms with Crippen molar-refractivity contribution in [2.24, 2.45) is 0 Å². The average Bonchev–Trinajstić information content (AvgIpc) is 3.04. The van der Waals surface area contributed by atoms with Crippen molar-refractivity contribution in [3.63, 3.8) is 0 Å². The van der Waals surface area contributed by atoms with Crippen LogP contribution in [0.1, 0.15) is 50.0 Å². The van der Waals surface area contributed by atoms with Gasteiger partial charge in [0.2, 0.25) is 0 Å². The van der Waals surface area contributed by atoms with Crippen LogP contribution in [0.25, 0.3) is 0 Å². The summed E-state index contributed by atoms with van der Waals surface area (Å²) in [4.78, 5) is 17.8. The van der Waals surface area contributed by atoms with Crippen LogP contribution >= 0.6 is 11.3 Å². The van der Waals surface area contributed by atoms with E-state index in [9.17, 15) is 4.79 Å². The van der Waals surface area contributed by atoms with Crippen molar-refractivity contribution in [3.8, 4) is 5.75 Å². The molecule has 5 heteroatoms. The SMILES string of the molecule is Cc1ccc(OCc2nc(C)c(C(=O)NC(C)c3ccccc3)s2)cc1C. The first kappa shape index (κ1) is 19.1. The molecule has 0 fully saturated rings. The summed E-state index contributed by atoms with van der Waals surface area (Å²) in [6.45, 7) is 8.33. The first-order chi connectivity index (χ1) is 12.9. The second kappa shape index (κ2) is 8.35. The highest BCUT2D eigenvalue weighted by Crippen LogP contribution is 2.23. The maximum atomic E-state index is 12.6. The Kier molecular flexibility index (Phi) is 5.91. The molecule has 2 aromatic carbocycles.